The molecule has 8 nitrogen and oxygen atoms in total. The van der Waals surface area contributed by atoms with Gasteiger partial charge in [-0.3, -0.25) is 4.57 Å². The first kappa shape index (κ1) is 14.9. The average molecular weight is 351 g/mol. The number of rotatable bonds is 2. The van der Waals surface area contributed by atoms with E-state index in [4.69, 9.17) is 4.52 Å². The molecule has 4 heterocycles. The van der Waals surface area contributed by atoms with Crippen molar-refractivity contribution in [2.75, 3.05) is 0 Å². The second-order valence-electron chi connectivity index (χ2n) is 6.12. The van der Waals surface area contributed by atoms with Crippen LogP contribution in [0.3, 0.4) is 0 Å². The van der Waals surface area contributed by atoms with Crippen molar-refractivity contribution in [3.63, 3.8) is 0 Å². The summed E-state index contributed by atoms with van der Waals surface area (Å²) in [7, 11) is 0. The molecule has 4 aromatic rings. The molecule has 0 spiro atoms. The van der Waals surface area contributed by atoms with Crippen molar-refractivity contribution < 1.29 is 8.91 Å². The third-order valence-electron chi connectivity index (χ3n) is 4.57. The van der Waals surface area contributed by atoms with Crippen LogP contribution >= 0.6 is 0 Å². The Balaban J connectivity index is 1.79. The fourth-order valence-electron chi connectivity index (χ4n) is 3.23. The van der Waals surface area contributed by atoms with Crippen molar-refractivity contribution in [1.29, 1.82) is 0 Å². The zero-order chi connectivity index (χ0) is 17.8. The Bertz CT molecular complexity index is 1140. The van der Waals surface area contributed by atoms with Gasteiger partial charge in [0.05, 0.1) is 28.5 Å². The lowest BCUT2D eigenvalue weighted by atomic mass is 10.1. The number of aromatic nitrogens is 7. The maximum Gasteiger partial charge on any atom is 0.226 e. The molecule has 0 fully saturated rings. The summed E-state index contributed by atoms with van der Waals surface area (Å²) in [6.45, 7) is 3.83. The molecule has 1 aromatic carbocycles. The molecular formula is C17H14FN7O. The number of aryl methyl sites for hydroxylation is 2. The molecule has 0 saturated carbocycles. The number of imidazole rings is 1. The molecule has 0 radical (unpaired) electrons. The predicted molar refractivity (Wildman–Crippen MR) is 88.7 cm³/mol. The molecule has 0 bridgehead atoms. The highest BCUT2D eigenvalue weighted by Crippen LogP contribution is 2.32. The standard InChI is InChI=1S/C17H14FN7O/c1-3-15-20-17(22-26-15)16-14-7-12-9(2)21-23-25(12)13-6-10(18)4-5-11(13)24(14)8-19-16/h4-6,8H,3,7H2,1-2H3. The average Bonchev–Trinajstić information content (AvgIpc) is 3.33. The fraction of sp³-hybridized carbons (Fsp3) is 0.235. The quantitative estimate of drug-likeness (QED) is 0.485. The van der Waals surface area contributed by atoms with Crippen molar-refractivity contribution in [3.05, 3.63) is 53.3 Å². The number of halogens is 1. The van der Waals surface area contributed by atoms with Crippen LogP contribution in [0.4, 0.5) is 4.39 Å². The van der Waals surface area contributed by atoms with E-state index in [-0.39, 0.29) is 5.82 Å². The van der Waals surface area contributed by atoms with Gasteiger partial charge in [-0.15, -0.1) is 5.10 Å². The summed E-state index contributed by atoms with van der Waals surface area (Å²) in [5.41, 5.74) is 4.55. The lowest BCUT2D eigenvalue weighted by Crippen LogP contribution is -2.04. The first-order valence-electron chi connectivity index (χ1n) is 8.26. The molecule has 9 heteroatoms. The lowest BCUT2D eigenvalue weighted by Gasteiger charge is -2.09. The molecular weight excluding hydrogens is 337 g/mol. The normalized spacial score (nSPS) is 12.4. The van der Waals surface area contributed by atoms with Crippen molar-refractivity contribution in [2.24, 2.45) is 0 Å². The zero-order valence-corrected chi connectivity index (χ0v) is 14.1. The molecule has 1 aliphatic heterocycles. The highest BCUT2D eigenvalue weighted by atomic mass is 19.1. The summed E-state index contributed by atoms with van der Waals surface area (Å²) in [4.78, 5) is 8.89. The number of hydrogen-bond donors (Lipinski definition) is 0. The lowest BCUT2D eigenvalue weighted by molar-refractivity contribution is 0.382. The van der Waals surface area contributed by atoms with Crippen LogP contribution in [0, 0.1) is 12.7 Å². The Morgan fingerprint density at radius 2 is 2.12 bits per heavy atom. The van der Waals surface area contributed by atoms with Gasteiger partial charge in [-0.2, -0.15) is 4.98 Å². The summed E-state index contributed by atoms with van der Waals surface area (Å²) >= 11 is 0. The molecule has 0 aliphatic carbocycles. The predicted octanol–water partition coefficient (Wildman–Crippen LogP) is 2.42. The van der Waals surface area contributed by atoms with Gasteiger partial charge in [-0.1, -0.05) is 17.3 Å². The fourth-order valence-corrected chi connectivity index (χ4v) is 3.23. The van der Waals surface area contributed by atoms with Crippen LogP contribution in [0.15, 0.2) is 29.0 Å². The zero-order valence-electron chi connectivity index (χ0n) is 14.1. The molecule has 3 aromatic heterocycles. The third-order valence-corrected chi connectivity index (χ3v) is 4.57. The van der Waals surface area contributed by atoms with Gasteiger partial charge in [0.2, 0.25) is 11.7 Å². The van der Waals surface area contributed by atoms with E-state index >= 15 is 0 Å². The van der Waals surface area contributed by atoms with Crippen LogP contribution in [-0.2, 0) is 12.8 Å². The number of benzene rings is 1. The van der Waals surface area contributed by atoms with Crippen LogP contribution in [0.1, 0.15) is 29.9 Å². The molecule has 0 amide bonds. The van der Waals surface area contributed by atoms with Gasteiger partial charge in [0.25, 0.3) is 0 Å². The van der Waals surface area contributed by atoms with Gasteiger partial charge in [0, 0.05) is 18.9 Å². The van der Waals surface area contributed by atoms with E-state index in [2.05, 4.69) is 25.4 Å². The summed E-state index contributed by atoms with van der Waals surface area (Å²) in [5.74, 6) is 0.663. The summed E-state index contributed by atoms with van der Waals surface area (Å²) in [6, 6.07) is 4.57. The van der Waals surface area contributed by atoms with E-state index in [1.807, 2.05) is 18.4 Å². The maximum absolute atomic E-state index is 13.9. The van der Waals surface area contributed by atoms with Gasteiger partial charge < -0.3 is 4.52 Å². The highest BCUT2D eigenvalue weighted by Gasteiger charge is 2.27. The molecule has 0 N–H and O–H groups in total. The largest absolute Gasteiger partial charge is 0.339 e. The van der Waals surface area contributed by atoms with Gasteiger partial charge in [-0.05, 0) is 19.1 Å². The molecule has 0 unspecified atom stereocenters. The Hall–Kier alpha value is -3.36. The van der Waals surface area contributed by atoms with Crippen molar-refractivity contribution in [1.82, 2.24) is 34.7 Å². The minimum absolute atomic E-state index is 0.336. The second kappa shape index (κ2) is 5.32. The van der Waals surface area contributed by atoms with Crippen LogP contribution in [-0.4, -0.2) is 34.7 Å². The maximum atomic E-state index is 13.9. The molecule has 130 valence electrons. The molecule has 26 heavy (non-hydrogen) atoms. The van der Waals surface area contributed by atoms with Gasteiger partial charge in [0.15, 0.2) is 0 Å². The Labute approximate surface area is 147 Å². The molecule has 0 atom stereocenters. The van der Waals surface area contributed by atoms with E-state index in [1.54, 1.807) is 17.1 Å². The molecule has 5 rings (SSSR count). The van der Waals surface area contributed by atoms with Crippen LogP contribution in [0.25, 0.3) is 22.9 Å². The second-order valence-corrected chi connectivity index (χ2v) is 6.12. The molecule has 1 aliphatic rings. The Kier molecular flexibility index (Phi) is 3.05. The van der Waals surface area contributed by atoms with Crippen molar-refractivity contribution >= 4 is 0 Å². The first-order chi connectivity index (χ1) is 12.7. The van der Waals surface area contributed by atoms with E-state index in [0.29, 0.717) is 35.9 Å². The van der Waals surface area contributed by atoms with Crippen LogP contribution < -0.4 is 0 Å². The van der Waals surface area contributed by atoms with E-state index in [1.165, 1.54) is 12.1 Å². The summed E-state index contributed by atoms with van der Waals surface area (Å²) < 4.78 is 22.7. The van der Waals surface area contributed by atoms with Crippen molar-refractivity contribution in [2.45, 2.75) is 26.7 Å². The number of hydrogen-bond acceptors (Lipinski definition) is 6. The van der Waals surface area contributed by atoms with Crippen molar-refractivity contribution in [3.8, 4) is 22.9 Å². The number of fused-ring (bicyclic) bond motifs is 5. The minimum atomic E-state index is -0.336. The third kappa shape index (κ3) is 2.03. The van der Waals surface area contributed by atoms with Gasteiger partial charge in [-0.25, -0.2) is 14.1 Å². The Morgan fingerprint density at radius 1 is 1.23 bits per heavy atom. The first-order valence-corrected chi connectivity index (χ1v) is 8.26. The van der Waals surface area contributed by atoms with E-state index in [0.717, 1.165) is 22.8 Å². The van der Waals surface area contributed by atoms with Gasteiger partial charge in [0.1, 0.15) is 17.8 Å². The van der Waals surface area contributed by atoms with E-state index < -0.39 is 0 Å². The smallest absolute Gasteiger partial charge is 0.226 e. The van der Waals surface area contributed by atoms with Gasteiger partial charge >= 0.3 is 0 Å². The van der Waals surface area contributed by atoms with Crippen LogP contribution in [0.5, 0.6) is 0 Å². The minimum Gasteiger partial charge on any atom is -0.339 e. The topological polar surface area (TPSA) is 87.5 Å². The summed E-state index contributed by atoms with van der Waals surface area (Å²) in [5, 5.41) is 12.4. The monoisotopic (exact) mass is 351 g/mol. The highest BCUT2D eigenvalue weighted by molar-refractivity contribution is 5.62. The summed E-state index contributed by atoms with van der Waals surface area (Å²) in [6.07, 6.45) is 2.86. The number of nitrogens with zero attached hydrogens (tertiary/aromatic N) is 7. The van der Waals surface area contributed by atoms with E-state index in [9.17, 15) is 4.39 Å². The SMILES string of the molecule is CCc1nc(-c2ncn3c2Cc2c(C)nnn2-c2cc(F)ccc2-3)no1. The van der Waals surface area contributed by atoms with Crippen LogP contribution in [0.2, 0.25) is 0 Å². The Morgan fingerprint density at radius 3 is 2.92 bits per heavy atom. The molecule has 0 saturated heterocycles.